The Hall–Kier alpha value is -0.830. The molecule has 64 valence electrons. The number of aliphatic hydroxyl groups excluding tert-OH is 1. The molecule has 1 atom stereocenters. The molecule has 0 spiro atoms. The van der Waals surface area contributed by atoms with Crippen LogP contribution in [0.15, 0.2) is 12.2 Å². The number of hydrogen-bond acceptors (Lipinski definition) is 3. The fourth-order valence-corrected chi connectivity index (χ4v) is 0.552. The van der Waals surface area contributed by atoms with Gasteiger partial charge in [0.05, 0.1) is 12.7 Å². The Morgan fingerprint density at radius 3 is 2.82 bits per heavy atom. The molecule has 0 aliphatic carbocycles. The lowest BCUT2D eigenvalue weighted by molar-refractivity contribution is -0.137. The van der Waals surface area contributed by atoms with E-state index in [-0.39, 0.29) is 5.97 Å². The fourth-order valence-electron chi connectivity index (χ4n) is 0.552. The van der Waals surface area contributed by atoms with Crippen molar-refractivity contribution in [3.63, 3.8) is 0 Å². The zero-order valence-corrected chi connectivity index (χ0v) is 6.91. The summed E-state index contributed by atoms with van der Waals surface area (Å²) in [5, 5.41) is 8.79. The molecule has 0 aliphatic heterocycles. The van der Waals surface area contributed by atoms with Crippen molar-refractivity contribution >= 4 is 5.97 Å². The van der Waals surface area contributed by atoms with Gasteiger partial charge < -0.3 is 9.84 Å². The predicted molar refractivity (Wildman–Crippen MR) is 42.1 cm³/mol. The first-order valence-corrected chi connectivity index (χ1v) is 3.68. The lowest BCUT2D eigenvalue weighted by Crippen LogP contribution is -2.00. The molecule has 0 saturated heterocycles. The first kappa shape index (κ1) is 10.2. The maximum atomic E-state index is 10.6. The van der Waals surface area contributed by atoms with E-state index >= 15 is 0 Å². The molecule has 0 amide bonds. The van der Waals surface area contributed by atoms with Gasteiger partial charge >= 0.3 is 5.97 Å². The second kappa shape index (κ2) is 5.92. The third kappa shape index (κ3) is 7.06. The number of carbonyl (C=O) groups is 1. The maximum absolute atomic E-state index is 10.6. The SMILES string of the molecule is CCOC(=O)C=CC[C@H](C)O. The van der Waals surface area contributed by atoms with Crippen molar-refractivity contribution in [1.29, 1.82) is 0 Å². The minimum Gasteiger partial charge on any atom is -0.463 e. The topological polar surface area (TPSA) is 46.5 Å². The average molecular weight is 158 g/mol. The molecule has 0 rings (SSSR count). The minimum absolute atomic E-state index is 0.354. The van der Waals surface area contributed by atoms with Gasteiger partial charge in [0.2, 0.25) is 0 Å². The highest BCUT2D eigenvalue weighted by Gasteiger charge is 1.93. The van der Waals surface area contributed by atoms with E-state index in [9.17, 15) is 4.79 Å². The lowest BCUT2D eigenvalue weighted by atomic mass is 10.3. The Morgan fingerprint density at radius 1 is 1.73 bits per heavy atom. The van der Waals surface area contributed by atoms with Gasteiger partial charge in [0.25, 0.3) is 0 Å². The summed E-state index contributed by atoms with van der Waals surface area (Å²) in [7, 11) is 0. The van der Waals surface area contributed by atoms with Crippen molar-refractivity contribution < 1.29 is 14.6 Å². The summed E-state index contributed by atoms with van der Waals surface area (Å²) in [6, 6.07) is 0. The molecule has 11 heavy (non-hydrogen) atoms. The quantitative estimate of drug-likeness (QED) is 0.488. The van der Waals surface area contributed by atoms with Gasteiger partial charge in [-0.25, -0.2) is 4.79 Å². The minimum atomic E-state index is -0.402. The van der Waals surface area contributed by atoms with Crippen molar-refractivity contribution in [2.75, 3.05) is 6.61 Å². The van der Waals surface area contributed by atoms with Crippen LogP contribution in [0.25, 0.3) is 0 Å². The molecule has 0 aliphatic rings. The molecule has 0 aromatic heterocycles. The smallest absolute Gasteiger partial charge is 0.330 e. The van der Waals surface area contributed by atoms with Crippen molar-refractivity contribution in [2.45, 2.75) is 26.4 Å². The molecule has 0 radical (unpaired) electrons. The Morgan fingerprint density at radius 2 is 2.36 bits per heavy atom. The summed E-state index contributed by atoms with van der Waals surface area (Å²) in [6.07, 6.45) is 3.01. The highest BCUT2D eigenvalue weighted by molar-refractivity contribution is 5.81. The van der Waals surface area contributed by atoms with Gasteiger partial charge in [-0.3, -0.25) is 0 Å². The molecule has 3 heteroatoms. The summed E-state index contributed by atoms with van der Waals surface area (Å²) in [5.74, 6) is -0.354. The molecular weight excluding hydrogens is 144 g/mol. The molecule has 0 heterocycles. The van der Waals surface area contributed by atoms with E-state index in [0.29, 0.717) is 13.0 Å². The van der Waals surface area contributed by atoms with Crippen LogP contribution in [0.4, 0.5) is 0 Å². The molecule has 0 unspecified atom stereocenters. The van der Waals surface area contributed by atoms with Crippen molar-refractivity contribution in [2.24, 2.45) is 0 Å². The molecule has 0 aromatic rings. The monoisotopic (exact) mass is 158 g/mol. The van der Waals surface area contributed by atoms with Crippen LogP contribution < -0.4 is 0 Å². The molecule has 3 nitrogen and oxygen atoms in total. The Kier molecular flexibility index (Phi) is 5.47. The van der Waals surface area contributed by atoms with Gasteiger partial charge in [-0.15, -0.1) is 0 Å². The van der Waals surface area contributed by atoms with E-state index < -0.39 is 6.10 Å². The van der Waals surface area contributed by atoms with E-state index in [1.54, 1.807) is 19.9 Å². The van der Waals surface area contributed by atoms with Gasteiger partial charge in [-0.1, -0.05) is 6.08 Å². The van der Waals surface area contributed by atoms with E-state index in [2.05, 4.69) is 4.74 Å². The summed E-state index contributed by atoms with van der Waals surface area (Å²) < 4.78 is 4.62. The van der Waals surface area contributed by atoms with Crippen molar-refractivity contribution in [1.82, 2.24) is 0 Å². The second-order valence-electron chi connectivity index (χ2n) is 2.24. The summed E-state index contributed by atoms with van der Waals surface area (Å²) in [5.41, 5.74) is 0. The predicted octanol–water partition coefficient (Wildman–Crippen LogP) is 0.877. The largest absolute Gasteiger partial charge is 0.463 e. The molecule has 0 aromatic carbocycles. The Balaban J connectivity index is 3.48. The number of hydrogen-bond donors (Lipinski definition) is 1. The molecule has 0 fully saturated rings. The third-order valence-corrected chi connectivity index (χ3v) is 1.02. The molecule has 0 bridgehead atoms. The van der Waals surface area contributed by atoms with Gasteiger partial charge in [-0.2, -0.15) is 0 Å². The number of aliphatic hydroxyl groups is 1. The highest BCUT2D eigenvalue weighted by atomic mass is 16.5. The van der Waals surface area contributed by atoms with Gasteiger partial charge in [0.15, 0.2) is 0 Å². The third-order valence-electron chi connectivity index (χ3n) is 1.02. The van der Waals surface area contributed by atoms with Crippen molar-refractivity contribution in [3.8, 4) is 0 Å². The van der Waals surface area contributed by atoms with Crippen LogP contribution in [0.2, 0.25) is 0 Å². The van der Waals surface area contributed by atoms with Crippen LogP contribution in [0.3, 0.4) is 0 Å². The lowest BCUT2D eigenvalue weighted by Gasteiger charge is -1.96. The summed E-state index contributed by atoms with van der Waals surface area (Å²) in [4.78, 5) is 10.6. The fraction of sp³-hybridized carbons (Fsp3) is 0.625. The maximum Gasteiger partial charge on any atom is 0.330 e. The highest BCUT2D eigenvalue weighted by Crippen LogP contribution is 1.91. The number of carbonyl (C=O) groups excluding carboxylic acids is 1. The average Bonchev–Trinajstić information content (AvgIpc) is 1.87. The number of ether oxygens (including phenoxy) is 1. The van der Waals surface area contributed by atoms with Crippen LogP contribution in [0, 0.1) is 0 Å². The van der Waals surface area contributed by atoms with Crippen LogP contribution in [-0.2, 0) is 9.53 Å². The Bertz CT molecular complexity index is 138. The van der Waals surface area contributed by atoms with Crippen molar-refractivity contribution in [3.05, 3.63) is 12.2 Å². The second-order valence-corrected chi connectivity index (χ2v) is 2.24. The first-order valence-electron chi connectivity index (χ1n) is 3.68. The van der Waals surface area contributed by atoms with Crippen LogP contribution in [-0.4, -0.2) is 23.8 Å². The zero-order chi connectivity index (χ0) is 8.69. The number of esters is 1. The van der Waals surface area contributed by atoms with Crippen LogP contribution >= 0.6 is 0 Å². The zero-order valence-electron chi connectivity index (χ0n) is 6.91. The van der Waals surface area contributed by atoms with E-state index in [4.69, 9.17) is 5.11 Å². The first-order chi connectivity index (χ1) is 5.16. The van der Waals surface area contributed by atoms with Gasteiger partial charge in [0.1, 0.15) is 0 Å². The van der Waals surface area contributed by atoms with Crippen LogP contribution in [0.5, 0.6) is 0 Å². The van der Waals surface area contributed by atoms with Gasteiger partial charge in [0, 0.05) is 6.08 Å². The van der Waals surface area contributed by atoms with Gasteiger partial charge in [-0.05, 0) is 20.3 Å². The van der Waals surface area contributed by atoms with Crippen LogP contribution in [0.1, 0.15) is 20.3 Å². The van der Waals surface area contributed by atoms with E-state index in [1.807, 2.05) is 0 Å². The normalized spacial score (nSPS) is 13.4. The molecular formula is C8H14O3. The standard InChI is InChI=1S/C8H14O3/c1-3-11-8(10)6-4-5-7(2)9/h4,6-7,9H,3,5H2,1-2H3/t7-/m0/s1. The Labute approximate surface area is 66.7 Å². The van der Waals surface area contributed by atoms with E-state index in [1.165, 1.54) is 6.08 Å². The molecule has 0 saturated carbocycles. The molecule has 1 N–H and O–H groups in total. The number of rotatable bonds is 4. The summed E-state index contributed by atoms with van der Waals surface area (Å²) in [6.45, 7) is 3.80. The van der Waals surface area contributed by atoms with E-state index in [0.717, 1.165) is 0 Å². The summed E-state index contributed by atoms with van der Waals surface area (Å²) >= 11 is 0.